The lowest BCUT2D eigenvalue weighted by molar-refractivity contribution is 0.262. The van der Waals surface area contributed by atoms with Gasteiger partial charge in [-0.25, -0.2) is 4.79 Å². The predicted octanol–water partition coefficient (Wildman–Crippen LogP) is 2.72. The largest absolute Gasteiger partial charge is 0.364 e. The molecule has 120 valence electrons. The first-order valence-electron chi connectivity index (χ1n) is 6.94. The average molecular weight is 341 g/mol. The summed E-state index contributed by atoms with van der Waals surface area (Å²) in [5.74, 6) is 0. The van der Waals surface area contributed by atoms with E-state index in [1.165, 1.54) is 17.6 Å². The number of benzene rings is 1. The average Bonchev–Trinajstić information content (AvgIpc) is 3.29. The van der Waals surface area contributed by atoms with Crippen LogP contribution in [-0.2, 0) is 7.05 Å². The van der Waals surface area contributed by atoms with Crippen LogP contribution >= 0.6 is 11.3 Å². The number of rotatable bonds is 3. The van der Waals surface area contributed by atoms with Crippen LogP contribution in [-0.4, -0.2) is 31.2 Å². The van der Waals surface area contributed by atoms with Gasteiger partial charge in [0.25, 0.3) is 0 Å². The summed E-state index contributed by atoms with van der Waals surface area (Å²) in [7, 11) is 1.85. The number of nitrogens with zero attached hydrogens (tertiary/aromatic N) is 5. The van der Waals surface area contributed by atoms with Crippen LogP contribution < -0.4 is 10.6 Å². The van der Waals surface area contributed by atoms with Gasteiger partial charge in [-0.2, -0.15) is 5.10 Å². The van der Waals surface area contributed by atoms with Gasteiger partial charge in [0.15, 0.2) is 5.01 Å². The van der Waals surface area contributed by atoms with Crippen molar-refractivity contribution in [2.75, 3.05) is 10.6 Å². The minimum Gasteiger partial charge on any atom is -0.364 e. The molecule has 3 heterocycles. The highest BCUT2D eigenvalue weighted by Crippen LogP contribution is 2.26. The van der Waals surface area contributed by atoms with Crippen molar-refractivity contribution in [3.63, 3.8) is 0 Å². The number of anilines is 2. The fourth-order valence-electron chi connectivity index (χ4n) is 2.24. The van der Waals surface area contributed by atoms with Crippen molar-refractivity contribution in [1.82, 2.24) is 25.1 Å². The first-order valence-corrected chi connectivity index (χ1v) is 7.75. The minimum absolute atomic E-state index is 0.365. The molecule has 3 aromatic heterocycles. The second-order valence-electron chi connectivity index (χ2n) is 4.88. The molecule has 0 bridgehead atoms. The molecule has 0 saturated carbocycles. The van der Waals surface area contributed by atoms with E-state index in [1.54, 1.807) is 16.9 Å². The Labute approximate surface area is 139 Å². The number of nitrogens with one attached hydrogen (secondary N) is 2. The van der Waals surface area contributed by atoms with Crippen LogP contribution in [0.5, 0.6) is 0 Å². The molecule has 0 radical (unpaired) electrons. The van der Waals surface area contributed by atoms with Gasteiger partial charge in [0, 0.05) is 18.5 Å². The van der Waals surface area contributed by atoms with Gasteiger partial charge in [0.2, 0.25) is 5.13 Å². The topological polar surface area (TPSA) is 111 Å². The lowest BCUT2D eigenvalue weighted by Gasteiger charge is -2.06. The smallest absolute Gasteiger partial charge is 0.325 e. The first-order chi connectivity index (χ1) is 11.7. The van der Waals surface area contributed by atoms with Crippen LogP contribution in [0.25, 0.3) is 21.6 Å². The Morgan fingerprint density at radius 3 is 3.00 bits per heavy atom. The van der Waals surface area contributed by atoms with E-state index in [1.807, 2.05) is 25.2 Å². The summed E-state index contributed by atoms with van der Waals surface area (Å²) in [6, 6.07) is 6.86. The molecule has 10 heteroatoms. The maximum absolute atomic E-state index is 12.2. The van der Waals surface area contributed by atoms with E-state index in [0.29, 0.717) is 21.5 Å². The number of carbonyl (C=O) groups is 1. The van der Waals surface area contributed by atoms with Gasteiger partial charge in [0.1, 0.15) is 12.0 Å². The SMILES string of the molecule is Cn1ncc2c(NC(=O)Nc3nnc(-c4ccon4)s3)cccc21. The Kier molecular flexibility index (Phi) is 3.43. The van der Waals surface area contributed by atoms with E-state index in [4.69, 9.17) is 4.52 Å². The number of carbonyl (C=O) groups excluding carboxylic acids is 1. The van der Waals surface area contributed by atoms with Crippen LogP contribution in [0, 0.1) is 0 Å². The van der Waals surface area contributed by atoms with Crippen LogP contribution in [0.2, 0.25) is 0 Å². The van der Waals surface area contributed by atoms with Gasteiger partial charge >= 0.3 is 6.03 Å². The third kappa shape index (κ3) is 2.58. The highest BCUT2D eigenvalue weighted by Gasteiger charge is 2.13. The summed E-state index contributed by atoms with van der Waals surface area (Å²) in [4.78, 5) is 12.2. The Morgan fingerprint density at radius 1 is 1.25 bits per heavy atom. The number of hydrogen-bond donors (Lipinski definition) is 2. The molecule has 0 atom stereocenters. The zero-order valence-electron chi connectivity index (χ0n) is 12.4. The van der Waals surface area contributed by atoms with Crippen molar-refractivity contribution < 1.29 is 9.32 Å². The lowest BCUT2D eigenvalue weighted by atomic mass is 10.2. The number of urea groups is 1. The minimum atomic E-state index is -0.408. The summed E-state index contributed by atoms with van der Waals surface area (Å²) >= 11 is 1.20. The van der Waals surface area contributed by atoms with Gasteiger partial charge in [0.05, 0.1) is 17.4 Å². The molecule has 9 nitrogen and oxygen atoms in total. The highest BCUT2D eigenvalue weighted by atomic mass is 32.1. The Bertz CT molecular complexity index is 1010. The Hall–Kier alpha value is -3.27. The maximum Gasteiger partial charge on any atom is 0.325 e. The summed E-state index contributed by atoms with van der Waals surface area (Å²) < 4.78 is 6.51. The molecule has 1 aromatic carbocycles. The quantitative estimate of drug-likeness (QED) is 0.593. The van der Waals surface area contributed by atoms with E-state index >= 15 is 0 Å². The summed E-state index contributed by atoms with van der Waals surface area (Å²) in [5.41, 5.74) is 2.16. The van der Waals surface area contributed by atoms with Gasteiger partial charge in [-0.1, -0.05) is 22.6 Å². The van der Waals surface area contributed by atoms with Crippen molar-refractivity contribution in [3.05, 3.63) is 36.7 Å². The fraction of sp³-hybridized carbons (Fsp3) is 0.0714. The first kappa shape index (κ1) is 14.3. The summed E-state index contributed by atoms with van der Waals surface area (Å²) in [6.45, 7) is 0. The van der Waals surface area contributed by atoms with E-state index < -0.39 is 6.03 Å². The van der Waals surface area contributed by atoms with Crippen molar-refractivity contribution >= 4 is 39.1 Å². The number of fused-ring (bicyclic) bond motifs is 1. The van der Waals surface area contributed by atoms with E-state index in [9.17, 15) is 4.79 Å². The predicted molar refractivity (Wildman–Crippen MR) is 88.8 cm³/mol. The highest BCUT2D eigenvalue weighted by molar-refractivity contribution is 7.18. The maximum atomic E-state index is 12.2. The van der Waals surface area contributed by atoms with Gasteiger partial charge < -0.3 is 9.84 Å². The molecule has 4 aromatic rings. The van der Waals surface area contributed by atoms with Crippen LogP contribution in [0.3, 0.4) is 0 Å². The molecule has 0 aliphatic carbocycles. The Morgan fingerprint density at radius 2 is 2.17 bits per heavy atom. The number of amides is 2. The van der Waals surface area contributed by atoms with E-state index in [-0.39, 0.29) is 0 Å². The molecule has 0 saturated heterocycles. The second-order valence-corrected chi connectivity index (χ2v) is 5.86. The van der Waals surface area contributed by atoms with E-state index in [0.717, 1.165) is 10.9 Å². The molecule has 0 unspecified atom stereocenters. The number of aromatic nitrogens is 5. The van der Waals surface area contributed by atoms with Crippen molar-refractivity contribution in [3.8, 4) is 10.7 Å². The molecule has 0 aliphatic rings. The molecule has 0 fully saturated rings. The second kappa shape index (κ2) is 5.74. The van der Waals surface area contributed by atoms with Crippen LogP contribution in [0.15, 0.2) is 41.2 Å². The van der Waals surface area contributed by atoms with Crippen molar-refractivity contribution in [1.29, 1.82) is 0 Å². The van der Waals surface area contributed by atoms with Gasteiger partial charge in [-0.3, -0.25) is 10.00 Å². The zero-order valence-corrected chi connectivity index (χ0v) is 13.2. The molecular formula is C14H11N7O2S. The van der Waals surface area contributed by atoms with Gasteiger partial charge in [-0.15, -0.1) is 10.2 Å². The Balaban J connectivity index is 1.50. The lowest BCUT2D eigenvalue weighted by Crippen LogP contribution is -2.19. The number of aryl methyl sites for hydroxylation is 1. The van der Waals surface area contributed by atoms with Crippen molar-refractivity contribution in [2.24, 2.45) is 7.05 Å². The molecule has 4 rings (SSSR count). The number of hydrogen-bond acceptors (Lipinski definition) is 7. The third-order valence-corrected chi connectivity index (χ3v) is 4.20. The summed E-state index contributed by atoms with van der Waals surface area (Å²) in [5, 5.41) is 23.1. The standard InChI is InChI=1S/C14H11N7O2S/c1-21-11-4-2-3-9(8(11)7-15-21)16-13(22)17-14-19-18-12(24-14)10-5-6-23-20-10/h2-7H,1H3,(H2,16,17,19,22). The monoisotopic (exact) mass is 341 g/mol. The summed E-state index contributed by atoms with van der Waals surface area (Å²) in [6.07, 6.45) is 3.16. The molecule has 0 spiro atoms. The van der Waals surface area contributed by atoms with E-state index in [2.05, 4.69) is 31.1 Å². The van der Waals surface area contributed by atoms with Crippen LogP contribution in [0.4, 0.5) is 15.6 Å². The van der Waals surface area contributed by atoms with Crippen molar-refractivity contribution in [2.45, 2.75) is 0 Å². The molecule has 24 heavy (non-hydrogen) atoms. The van der Waals surface area contributed by atoms with Crippen LogP contribution in [0.1, 0.15) is 0 Å². The molecular weight excluding hydrogens is 330 g/mol. The normalized spacial score (nSPS) is 10.9. The fourth-order valence-corrected chi connectivity index (χ4v) is 2.94. The molecule has 2 N–H and O–H groups in total. The zero-order chi connectivity index (χ0) is 16.5. The molecule has 0 aliphatic heterocycles. The third-order valence-electron chi connectivity index (χ3n) is 3.34. The molecule has 2 amide bonds. The van der Waals surface area contributed by atoms with Gasteiger partial charge in [-0.05, 0) is 12.1 Å².